The molecule has 0 bridgehead atoms. The monoisotopic (exact) mass is 189 g/mol. The van der Waals surface area contributed by atoms with E-state index in [-0.39, 0.29) is 11.0 Å². The molecule has 1 heteroatoms. The summed E-state index contributed by atoms with van der Waals surface area (Å²) in [4.78, 5) is 0. The van der Waals surface area contributed by atoms with Gasteiger partial charge in [0.1, 0.15) is 5.60 Å². The summed E-state index contributed by atoms with van der Waals surface area (Å²) in [6.07, 6.45) is 1.05. The van der Waals surface area contributed by atoms with E-state index in [0.29, 0.717) is 0 Å². The highest BCUT2D eigenvalue weighted by Gasteiger charge is 2.51. The summed E-state index contributed by atoms with van der Waals surface area (Å²) in [6.45, 7) is 8.49. The maximum atomic E-state index is 5.69. The smallest absolute Gasteiger partial charge is 0.189 e. The third-order valence-electron chi connectivity index (χ3n) is 2.86. The van der Waals surface area contributed by atoms with Gasteiger partial charge in [0.05, 0.1) is 0 Å². The highest BCUT2D eigenvalue weighted by molar-refractivity contribution is 5.29. The Bertz CT molecular complexity index is 315. The van der Waals surface area contributed by atoms with Crippen LogP contribution in [0.2, 0.25) is 0 Å². The number of hydrogen-bond acceptors (Lipinski definition) is 1. The van der Waals surface area contributed by atoms with Gasteiger partial charge < -0.3 is 0 Å². The SMILES string of the molecule is CC1(C)CC(C)(c2ccccc2)[CH+]O1. The van der Waals surface area contributed by atoms with Gasteiger partial charge in [0.15, 0.2) is 5.41 Å². The predicted molar refractivity (Wildman–Crippen MR) is 57.9 cm³/mol. The molecule has 74 valence electrons. The zero-order valence-corrected chi connectivity index (χ0v) is 9.08. The first-order valence-corrected chi connectivity index (χ1v) is 5.10. The normalized spacial score (nSPS) is 29.9. The van der Waals surface area contributed by atoms with Crippen LogP contribution in [0, 0.1) is 6.61 Å². The second-order valence-electron chi connectivity index (χ2n) is 4.96. The molecule has 0 amide bonds. The summed E-state index contributed by atoms with van der Waals surface area (Å²) in [5.74, 6) is 0. The fourth-order valence-corrected chi connectivity index (χ4v) is 2.25. The van der Waals surface area contributed by atoms with E-state index in [9.17, 15) is 0 Å². The van der Waals surface area contributed by atoms with Gasteiger partial charge in [0.25, 0.3) is 0 Å². The minimum Gasteiger partial charge on any atom is -0.189 e. The topological polar surface area (TPSA) is 9.23 Å². The van der Waals surface area contributed by atoms with Gasteiger partial charge in [-0.05, 0) is 20.8 Å². The Morgan fingerprint density at radius 3 is 2.29 bits per heavy atom. The summed E-state index contributed by atoms with van der Waals surface area (Å²) >= 11 is 0. The molecule has 0 aromatic heterocycles. The lowest BCUT2D eigenvalue weighted by Gasteiger charge is -2.16. The minimum atomic E-state index is -0.0232. The van der Waals surface area contributed by atoms with Gasteiger partial charge in [-0.25, -0.2) is 0 Å². The molecule has 1 heterocycles. The van der Waals surface area contributed by atoms with Crippen LogP contribution >= 0.6 is 0 Å². The average molecular weight is 189 g/mol. The van der Waals surface area contributed by atoms with Crippen LogP contribution in [-0.4, -0.2) is 5.60 Å². The lowest BCUT2D eigenvalue weighted by molar-refractivity contribution is 0.0704. The molecular weight excluding hydrogens is 172 g/mol. The van der Waals surface area contributed by atoms with Gasteiger partial charge in [0.2, 0.25) is 6.61 Å². The molecule has 14 heavy (non-hydrogen) atoms. The zero-order valence-electron chi connectivity index (χ0n) is 9.08. The summed E-state index contributed by atoms with van der Waals surface area (Å²) in [5.41, 5.74) is 1.39. The summed E-state index contributed by atoms with van der Waals surface area (Å²) in [5, 5.41) is 0. The molecule has 1 unspecified atom stereocenters. The standard InChI is InChI=1S/C13H17O/c1-12(2)9-13(3,10-14-12)11-7-5-4-6-8-11/h4-8,10H,9H2,1-3H3/q+1. The fourth-order valence-electron chi connectivity index (χ4n) is 2.25. The Kier molecular flexibility index (Phi) is 2.07. The van der Waals surface area contributed by atoms with E-state index < -0.39 is 0 Å². The van der Waals surface area contributed by atoms with E-state index in [1.54, 1.807) is 0 Å². The van der Waals surface area contributed by atoms with Crippen molar-refractivity contribution in [3.8, 4) is 0 Å². The molecule has 1 nitrogen and oxygen atoms in total. The molecule has 1 saturated heterocycles. The average Bonchev–Trinajstić information content (AvgIpc) is 2.44. The highest BCUT2D eigenvalue weighted by atomic mass is 16.5. The molecular formula is C13H17O+. The van der Waals surface area contributed by atoms with Crippen LogP contribution in [0.5, 0.6) is 0 Å². The minimum absolute atomic E-state index is 0.0232. The van der Waals surface area contributed by atoms with Crippen molar-refractivity contribution in [2.24, 2.45) is 0 Å². The van der Waals surface area contributed by atoms with E-state index in [2.05, 4.69) is 45.0 Å². The molecule has 0 spiro atoms. The Morgan fingerprint density at radius 1 is 1.14 bits per heavy atom. The third kappa shape index (κ3) is 1.64. The van der Waals surface area contributed by atoms with Crippen molar-refractivity contribution in [2.45, 2.75) is 38.2 Å². The van der Waals surface area contributed by atoms with Crippen molar-refractivity contribution in [1.29, 1.82) is 0 Å². The second-order valence-corrected chi connectivity index (χ2v) is 4.96. The zero-order chi connectivity index (χ0) is 10.2. The number of benzene rings is 1. The molecule has 1 aromatic carbocycles. The quantitative estimate of drug-likeness (QED) is 0.616. The van der Waals surface area contributed by atoms with E-state index in [4.69, 9.17) is 4.74 Å². The van der Waals surface area contributed by atoms with Crippen LogP contribution in [0.3, 0.4) is 0 Å². The van der Waals surface area contributed by atoms with Gasteiger partial charge in [-0.15, -0.1) is 0 Å². The number of ether oxygens (including phenoxy) is 1. The van der Waals surface area contributed by atoms with E-state index in [1.807, 2.05) is 12.7 Å². The van der Waals surface area contributed by atoms with Gasteiger partial charge >= 0.3 is 0 Å². The fraction of sp³-hybridized carbons (Fsp3) is 0.462. The summed E-state index contributed by atoms with van der Waals surface area (Å²) in [7, 11) is 0. The van der Waals surface area contributed by atoms with Crippen LogP contribution in [0.1, 0.15) is 32.8 Å². The second kappa shape index (κ2) is 3.03. The maximum absolute atomic E-state index is 5.69. The third-order valence-corrected chi connectivity index (χ3v) is 2.86. The number of rotatable bonds is 1. The predicted octanol–water partition coefficient (Wildman–Crippen LogP) is 3.30. The van der Waals surface area contributed by atoms with Crippen LogP contribution < -0.4 is 0 Å². The molecule has 0 N–H and O–H groups in total. The largest absolute Gasteiger partial charge is 0.238 e. The van der Waals surface area contributed by atoms with Crippen molar-refractivity contribution in [1.82, 2.24) is 0 Å². The molecule has 0 radical (unpaired) electrons. The summed E-state index contributed by atoms with van der Waals surface area (Å²) < 4.78 is 5.69. The highest BCUT2D eigenvalue weighted by Crippen LogP contribution is 2.43. The molecule has 1 aliphatic heterocycles. The van der Waals surface area contributed by atoms with Gasteiger partial charge in [-0.2, -0.15) is 4.74 Å². The Hall–Kier alpha value is -0.950. The number of hydrogen-bond donors (Lipinski definition) is 0. The first-order chi connectivity index (χ1) is 6.52. The van der Waals surface area contributed by atoms with Crippen molar-refractivity contribution in [2.75, 3.05) is 0 Å². The van der Waals surface area contributed by atoms with Gasteiger partial charge in [-0.1, -0.05) is 30.3 Å². The van der Waals surface area contributed by atoms with Crippen molar-refractivity contribution in [3.63, 3.8) is 0 Å². The first-order valence-electron chi connectivity index (χ1n) is 5.10. The summed E-state index contributed by atoms with van der Waals surface area (Å²) in [6, 6.07) is 10.6. The first kappa shape index (κ1) is 9.60. The van der Waals surface area contributed by atoms with E-state index in [1.165, 1.54) is 5.56 Å². The van der Waals surface area contributed by atoms with Crippen LogP contribution in [0.15, 0.2) is 30.3 Å². The lowest BCUT2D eigenvalue weighted by Crippen LogP contribution is -2.23. The van der Waals surface area contributed by atoms with Crippen LogP contribution in [0.4, 0.5) is 0 Å². The lowest BCUT2D eigenvalue weighted by atomic mass is 9.78. The van der Waals surface area contributed by atoms with Crippen molar-refractivity contribution < 1.29 is 4.74 Å². The molecule has 0 saturated carbocycles. The Balaban J connectivity index is 2.27. The maximum Gasteiger partial charge on any atom is 0.238 e. The van der Waals surface area contributed by atoms with E-state index >= 15 is 0 Å². The molecule has 2 rings (SSSR count). The van der Waals surface area contributed by atoms with Crippen molar-refractivity contribution in [3.05, 3.63) is 42.5 Å². The van der Waals surface area contributed by atoms with Crippen molar-refractivity contribution >= 4 is 0 Å². The molecule has 1 atom stereocenters. The van der Waals surface area contributed by atoms with Crippen LogP contribution in [0.25, 0.3) is 0 Å². The van der Waals surface area contributed by atoms with Crippen LogP contribution in [-0.2, 0) is 10.2 Å². The molecule has 1 aromatic rings. The Labute approximate surface area is 86.1 Å². The molecule has 0 aliphatic carbocycles. The van der Waals surface area contributed by atoms with E-state index in [0.717, 1.165) is 6.42 Å². The Morgan fingerprint density at radius 2 is 1.79 bits per heavy atom. The molecule has 1 fully saturated rings. The molecule has 1 aliphatic rings. The van der Waals surface area contributed by atoms with Gasteiger partial charge in [0, 0.05) is 12.0 Å². The van der Waals surface area contributed by atoms with Gasteiger partial charge in [-0.3, -0.25) is 0 Å².